The molecule has 0 saturated carbocycles. The van der Waals surface area contributed by atoms with Crippen molar-refractivity contribution in [1.82, 2.24) is 0 Å². The molecule has 206 valence electrons. The van der Waals surface area contributed by atoms with Gasteiger partial charge in [0.2, 0.25) is 0 Å². The Balaban J connectivity index is 1.34. The minimum atomic E-state index is 0.537. The average molecular weight is 578 g/mol. The van der Waals surface area contributed by atoms with Crippen LogP contribution in [0.1, 0.15) is 6.93 Å². The van der Waals surface area contributed by atoms with Crippen LogP contribution < -0.4 is 0 Å². The fourth-order valence-electron chi connectivity index (χ4n) is 7.07. The lowest BCUT2D eigenvalue weighted by Crippen LogP contribution is -1.92. The van der Waals surface area contributed by atoms with Gasteiger partial charge in [-0.3, -0.25) is 0 Å². The Labute approximate surface area is 261 Å². The van der Waals surface area contributed by atoms with Crippen LogP contribution in [0.4, 0.5) is 0 Å². The lowest BCUT2D eigenvalue weighted by atomic mass is 9.83. The average Bonchev–Trinajstić information content (AvgIpc) is 3.46. The number of fused-ring (bicyclic) bond motifs is 6. The van der Waals surface area contributed by atoms with Crippen LogP contribution in [0.5, 0.6) is 0 Å². The maximum absolute atomic E-state index is 8.05. The fraction of sp³-hybridized carbons (Fsp3) is 0.0233. The van der Waals surface area contributed by atoms with Crippen molar-refractivity contribution in [2.24, 2.45) is 0 Å². The highest BCUT2D eigenvalue weighted by Gasteiger charge is 2.19. The van der Waals surface area contributed by atoms with E-state index in [9.17, 15) is 0 Å². The summed E-state index contributed by atoms with van der Waals surface area (Å²) in [6, 6.07) is 53.3. The van der Waals surface area contributed by atoms with Crippen LogP contribution in [0, 0.1) is 6.92 Å². The summed E-state index contributed by atoms with van der Waals surface area (Å²) >= 11 is 1.89. The molecule has 0 saturated heterocycles. The number of benzene rings is 8. The number of thiophene rings is 1. The molecule has 9 aromatic rings. The zero-order chi connectivity index (χ0) is 30.1. The Morgan fingerprint density at radius 3 is 1.89 bits per heavy atom. The van der Waals surface area contributed by atoms with Crippen LogP contribution >= 0.6 is 11.3 Å². The molecule has 1 heteroatoms. The normalized spacial score (nSPS) is 12.1. The quantitative estimate of drug-likeness (QED) is 0.183. The van der Waals surface area contributed by atoms with E-state index < -0.39 is 0 Å². The van der Waals surface area contributed by atoms with Gasteiger partial charge < -0.3 is 0 Å². The first kappa shape index (κ1) is 24.2. The molecule has 0 nitrogen and oxygen atoms in total. The van der Waals surface area contributed by atoms with Gasteiger partial charge in [0.15, 0.2) is 0 Å². The van der Waals surface area contributed by atoms with Crippen molar-refractivity contribution in [3.05, 3.63) is 157 Å². The van der Waals surface area contributed by atoms with E-state index in [0.29, 0.717) is 6.04 Å². The summed E-state index contributed by atoms with van der Waals surface area (Å²) < 4.78 is 10.8. The van der Waals surface area contributed by atoms with E-state index in [1.165, 1.54) is 80.7 Å². The van der Waals surface area contributed by atoms with Gasteiger partial charge >= 0.3 is 0 Å². The third-order valence-corrected chi connectivity index (χ3v) is 10.4. The van der Waals surface area contributed by atoms with Gasteiger partial charge in [0, 0.05) is 20.2 Å². The number of hydrogen-bond acceptors (Lipinski definition) is 1. The Morgan fingerprint density at radius 1 is 0.455 bits per heavy atom. The van der Waals surface area contributed by atoms with Gasteiger partial charge in [-0.2, -0.15) is 0 Å². The Bertz CT molecular complexity index is 2570. The van der Waals surface area contributed by atoms with E-state index in [1.807, 2.05) is 23.5 Å². The minimum Gasteiger partial charge on any atom is -0.135 e. The standard InChI is InChI=1S/C43H28S/c1-27-11-10-20-38-39-26-31(23-24-40(39)44-43(27)38)41-34-16-6-8-18-36(34)42(37-19-9-7-17-35(37)41)33-15-5-4-14-32(33)30-22-21-28-12-2-3-13-29(28)25-30/h2-26H,1H3/i2D. The molecule has 8 aromatic carbocycles. The van der Waals surface area contributed by atoms with Crippen LogP contribution in [-0.4, -0.2) is 0 Å². The van der Waals surface area contributed by atoms with Crippen molar-refractivity contribution < 1.29 is 1.37 Å². The Hall–Kier alpha value is -5.24. The van der Waals surface area contributed by atoms with Crippen LogP contribution in [0.3, 0.4) is 0 Å². The van der Waals surface area contributed by atoms with Gasteiger partial charge in [-0.1, -0.05) is 133 Å². The molecule has 1 aromatic heterocycles. The predicted octanol–water partition coefficient (Wildman–Crippen LogP) is 12.8. The second-order valence-corrected chi connectivity index (χ2v) is 12.7. The second kappa shape index (κ2) is 9.91. The highest BCUT2D eigenvalue weighted by atomic mass is 32.1. The van der Waals surface area contributed by atoms with Crippen LogP contribution in [0.25, 0.3) is 85.9 Å². The van der Waals surface area contributed by atoms with E-state index in [-0.39, 0.29) is 0 Å². The van der Waals surface area contributed by atoms with E-state index >= 15 is 0 Å². The molecule has 0 fully saturated rings. The third kappa shape index (κ3) is 3.83. The second-order valence-electron chi connectivity index (χ2n) is 11.6. The SMILES string of the molecule is [2H]c1ccc2cc(-c3ccccc3-c3c4ccccc4c(-c4ccc5sc6c(C)cccc6c5c4)c4ccccc34)ccc2c1. The van der Waals surface area contributed by atoms with E-state index in [2.05, 4.69) is 140 Å². The third-order valence-electron chi connectivity index (χ3n) is 9.11. The lowest BCUT2D eigenvalue weighted by molar-refractivity contribution is 1.56. The van der Waals surface area contributed by atoms with Gasteiger partial charge in [-0.25, -0.2) is 0 Å². The fourth-order valence-corrected chi connectivity index (χ4v) is 8.22. The van der Waals surface area contributed by atoms with Gasteiger partial charge in [0.25, 0.3) is 0 Å². The molecule has 0 unspecified atom stereocenters. The van der Waals surface area contributed by atoms with Gasteiger partial charge in [-0.05, 0) is 96.4 Å². The molecular formula is C43H28S. The highest BCUT2D eigenvalue weighted by Crippen LogP contribution is 2.47. The van der Waals surface area contributed by atoms with Crippen molar-refractivity contribution in [2.45, 2.75) is 6.92 Å². The number of rotatable bonds is 3. The maximum Gasteiger partial charge on any atom is 0.0623 e. The zero-order valence-electron chi connectivity index (χ0n) is 25.3. The van der Waals surface area contributed by atoms with E-state index in [4.69, 9.17) is 1.37 Å². The molecule has 0 radical (unpaired) electrons. The summed E-state index contributed by atoms with van der Waals surface area (Å²) in [6.45, 7) is 2.21. The highest BCUT2D eigenvalue weighted by molar-refractivity contribution is 7.26. The summed E-state index contributed by atoms with van der Waals surface area (Å²) in [5.74, 6) is 0. The number of hydrogen-bond donors (Lipinski definition) is 0. The Morgan fingerprint density at radius 2 is 1.11 bits per heavy atom. The molecule has 0 atom stereocenters. The first-order valence-electron chi connectivity index (χ1n) is 15.6. The lowest BCUT2D eigenvalue weighted by Gasteiger charge is -2.20. The molecule has 0 aliphatic rings. The van der Waals surface area contributed by atoms with Crippen molar-refractivity contribution >= 4 is 63.8 Å². The molecule has 44 heavy (non-hydrogen) atoms. The largest absolute Gasteiger partial charge is 0.135 e. The van der Waals surface area contributed by atoms with Crippen molar-refractivity contribution in [3.63, 3.8) is 0 Å². The van der Waals surface area contributed by atoms with Crippen LogP contribution in [0.15, 0.2) is 152 Å². The molecule has 0 aliphatic heterocycles. The van der Waals surface area contributed by atoms with Gasteiger partial charge in [0.05, 0.1) is 1.37 Å². The van der Waals surface area contributed by atoms with E-state index in [0.717, 1.165) is 10.8 Å². The van der Waals surface area contributed by atoms with Crippen LogP contribution in [0.2, 0.25) is 0 Å². The summed E-state index contributed by atoms with van der Waals surface area (Å²) in [5, 5.41) is 9.94. The zero-order valence-corrected chi connectivity index (χ0v) is 25.1. The monoisotopic (exact) mass is 577 g/mol. The summed E-state index contributed by atoms with van der Waals surface area (Å²) in [5.41, 5.74) is 8.74. The molecule has 0 spiro atoms. The number of aryl methyl sites for hydroxylation is 1. The summed E-state index contributed by atoms with van der Waals surface area (Å²) in [6.07, 6.45) is 0. The molecule has 1 heterocycles. The van der Waals surface area contributed by atoms with Gasteiger partial charge in [0.1, 0.15) is 0 Å². The van der Waals surface area contributed by atoms with Crippen molar-refractivity contribution in [2.75, 3.05) is 0 Å². The smallest absolute Gasteiger partial charge is 0.0623 e. The van der Waals surface area contributed by atoms with Crippen molar-refractivity contribution in [3.8, 4) is 33.4 Å². The Kier molecular flexibility index (Phi) is 5.46. The first-order valence-corrected chi connectivity index (χ1v) is 15.9. The van der Waals surface area contributed by atoms with Gasteiger partial charge in [-0.15, -0.1) is 11.3 Å². The predicted molar refractivity (Wildman–Crippen MR) is 193 cm³/mol. The molecule has 0 aliphatic carbocycles. The summed E-state index contributed by atoms with van der Waals surface area (Å²) in [7, 11) is 0. The van der Waals surface area contributed by atoms with Crippen molar-refractivity contribution in [1.29, 1.82) is 0 Å². The molecule has 0 bridgehead atoms. The minimum absolute atomic E-state index is 0.537. The topological polar surface area (TPSA) is 0 Å². The van der Waals surface area contributed by atoms with Crippen LogP contribution in [-0.2, 0) is 0 Å². The molecular weight excluding hydrogens is 549 g/mol. The molecule has 0 N–H and O–H groups in total. The summed E-state index contributed by atoms with van der Waals surface area (Å²) in [4.78, 5) is 0. The first-order chi connectivity index (χ1) is 22.1. The molecule has 0 amide bonds. The maximum atomic E-state index is 8.05. The van der Waals surface area contributed by atoms with E-state index in [1.54, 1.807) is 0 Å². The molecule has 9 rings (SSSR count).